The Balaban J connectivity index is 2.45. The summed E-state index contributed by atoms with van der Waals surface area (Å²) in [6, 6.07) is -0.297. The van der Waals surface area contributed by atoms with Crippen LogP contribution in [0.25, 0.3) is 0 Å². The second-order valence-corrected chi connectivity index (χ2v) is 5.56. The number of ether oxygens (including phenoxy) is 1. The molecule has 106 valence electrons. The zero-order valence-electron chi connectivity index (χ0n) is 11.7. The van der Waals surface area contributed by atoms with Gasteiger partial charge in [0.05, 0.1) is 12.6 Å². The molecule has 0 aliphatic carbocycles. The second-order valence-electron chi connectivity index (χ2n) is 5.56. The van der Waals surface area contributed by atoms with Gasteiger partial charge in [0.15, 0.2) is 0 Å². The zero-order chi connectivity index (χ0) is 13.6. The standard InChI is InChI=1S/C13H26N2O3/c1-10(2)8-14-12(17)11(3)15-13(9-16)4-6-18-7-5-13/h10-11,15-16H,4-9H2,1-3H3,(H,14,17). The average molecular weight is 258 g/mol. The summed E-state index contributed by atoms with van der Waals surface area (Å²) in [7, 11) is 0. The molecule has 5 heteroatoms. The van der Waals surface area contributed by atoms with Crippen LogP contribution < -0.4 is 10.6 Å². The number of nitrogens with one attached hydrogen (secondary N) is 2. The molecular weight excluding hydrogens is 232 g/mol. The number of carbonyl (C=O) groups excluding carboxylic acids is 1. The molecule has 18 heavy (non-hydrogen) atoms. The molecule has 5 nitrogen and oxygen atoms in total. The first-order chi connectivity index (χ1) is 8.49. The molecule has 1 aliphatic heterocycles. The van der Waals surface area contributed by atoms with E-state index in [1.165, 1.54) is 0 Å². The lowest BCUT2D eigenvalue weighted by atomic mass is 9.90. The van der Waals surface area contributed by atoms with Gasteiger partial charge >= 0.3 is 0 Å². The number of aliphatic hydroxyl groups is 1. The van der Waals surface area contributed by atoms with Crippen LogP contribution in [0, 0.1) is 5.92 Å². The molecule has 1 atom stereocenters. The molecule has 0 saturated carbocycles. The van der Waals surface area contributed by atoms with Gasteiger partial charge in [-0.25, -0.2) is 0 Å². The van der Waals surface area contributed by atoms with E-state index in [2.05, 4.69) is 24.5 Å². The number of aliphatic hydroxyl groups excluding tert-OH is 1. The van der Waals surface area contributed by atoms with E-state index in [1.807, 2.05) is 6.92 Å². The molecule has 1 fully saturated rings. The highest BCUT2D eigenvalue weighted by Gasteiger charge is 2.34. The van der Waals surface area contributed by atoms with Crippen molar-refractivity contribution in [2.75, 3.05) is 26.4 Å². The highest BCUT2D eigenvalue weighted by Crippen LogP contribution is 2.20. The van der Waals surface area contributed by atoms with Crippen LogP contribution in [0.2, 0.25) is 0 Å². The fourth-order valence-electron chi connectivity index (χ4n) is 2.09. The van der Waals surface area contributed by atoms with Gasteiger partial charge in [-0.2, -0.15) is 0 Å². The lowest BCUT2D eigenvalue weighted by Crippen LogP contribution is -2.58. The summed E-state index contributed by atoms with van der Waals surface area (Å²) in [4.78, 5) is 11.9. The molecule has 0 aromatic rings. The van der Waals surface area contributed by atoms with Gasteiger partial charge in [-0.15, -0.1) is 0 Å². The molecule has 1 aliphatic rings. The maximum absolute atomic E-state index is 11.9. The SMILES string of the molecule is CC(C)CNC(=O)C(C)NC1(CO)CCOCC1. The molecular formula is C13H26N2O3. The third-order valence-electron chi connectivity index (χ3n) is 3.35. The van der Waals surface area contributed by atoms with E-state index >= 15 is 0 Å². The Labute approximate surface area is 109 Å². The smallest absolute Gasteiger partial charge is 0.236 e. The minimum Gasteiger partial charge on any atom is -0.394 e. The molecule has 1 rings (SSSR count). The summed E-state index contributed by atoms with van der Waals surface area (Å²) in [5.41, 5.74) is -0.368. The Kier molecular flexibility index (Phi) is 6.05. The van der Waals surface area contributed by atoms with E-state index < -0.39 is 0 Å². The van der Waals surface area contributed by atoms with E-state index in [0.29, 0.717) is 25.7 Å². The quantitative estimate of drug-likeness (QED) is 0.640. The average Bonchev–Trinajstić information content (AvgIpc) is 2.36. The highest BCUT2D eigenvalue weighted by atomic mass is 16.5. The zero-order valence-corrected chi connectivity index (χ0v) is 11.7. The number of hydrogen-bond donors (Lipinski definition) is 3. The number of carbonyl (C=O) groups is 1. The summed E-state index contributed by atoms with van der Waals surface area (Å²) in [6.45, 7) is 7.95. The Bertz CT molecular complexity index is 263. The lowest BCUT2D eigenvalue weighted by Gasteiger charge is -2.38. The lowest BCUT2D eigenvalue weighted by molar-refractivity contribution is -0.124. The molecule has 0 radical (unpaired) electrons. The van der Waals surface area contributed by atoms with Crippen molar-refractivity contribution >= 4 is 5.91 Å². The molecule has 0 spiro atoms. The second kappa shape index (κ2) is 7.07. The molecule has 1 heterocycles. The van der Waals surface area contributed by atoms with Crippen molar-refractivity contribution in [1.29, 1.82) is 0 Å². The summed E-state index contributed by atoms with van der Waals surface area (Å²) >= 11 is 0. The maximum Gasteiger partial charge on any atom is 0.236 e. The van der Waals surface area contributed by atoms with Crippen LogP contribution in [0.5, 0.6) is 0 Å². The van der Waals surface area contributed by atoms with Crippen LogP contribution in [0.3, 0.4) is 0 Å². The first kappa shape index (κ1) is 15.4. The van der Waals surface area contributed by atoms with E-state index in [9.17, 15) is 9.90 Å². The molecule has 1 saturated heterocycles. The van der Waals surface area contributed by atoms with Gasteiger partial charge in [-0.1, -0.05) is 13.8 Å². The topological polar surface area (TPSA) is 70.6 Å². The van der Waals surface area contributed by atoms with Gasteiger partial charge in [-0.05, 0) is 25.7 Å². The Hall–Kier alpha value is -0.650. The predicted molar refractivity (Wildman–Crippen MR) is 70.3 cm³/mol. The van der Waals surface area contributed by atoms with E-state index in [4.69, 9.17) is 4.74 Å². The summed E-state index contributed by atoms with van der Waals surface area (Å²) in [5, 5.41) is 15.7. The summed E-state index contributed by atoms with van der Waals surface area (Å²) < 4.78 is 5.30. The predicted octanol–water partition coefficient (Wildman–Crippen LogP) is 0.278. The van der Waals surface area contributed by atoms with Crippen molar-refractivity contribution in [2.24, 2.45) is 5.92 Å². The number of rotatable bonds is 6. The minimum atomic E-state index is -0.368. The van der Waals surface area contributed by atoms with Crippen molar-refractivity contribution in [3.05, 3.63) is 0 Å². The third-order valence-corrected chi connectivity index (χ3v) is 3.35. The van der Waals surface area contributed by atoms with Crippen LogP contribution >= 0.6 is 0 Å². The van der Waals surface area contributed by atoms with Gasteiger partial charge in [-0.3, -0.25) is 10.1 Å². The van der Waals surface area contributed by atoms with Crippen LogP contribution in [0.15, 0.2) is 0 Å². The van der Waals surface area contributed by atoms with E-state index in [1.54, 1.807) is 0 Å². The Morgan fingerprint density at radius 2 is 1.94 bits per heavy atom. The molecule has 3 N–H and O–H groups in total. The minimum absolute atomic E-state index is 0.0111. The van der Waals surface area contributed by atoms with Gasteiger partial charge in [0.25, 0.3) is 0 Å². The molecule has 0 aromatic heterocycles. The van der Waals surface area contributed by atoms with Gasteiger partial charge in [0.2, 0.25) is 5.91 Å². The maximum atomic E-state index is 11.9. The van der Waals surface area contributed by atoms with Crippen molar-refractivity contribution in [1.82, 2.24) is 10.6 Å². The van der Waals surface area contributed by atoms with Gasteiger partial charge < -0.3 is 15.2 Å². The highest BCUT2D eigenvalue weighted by molar-refractivity contribution is 5.81. The molecule has 0 bridgehead atoms. The van der Waals surface area contributed by atoms with Crippen LogP contribution in [-0.2, 0) is 9.53 Å². The first-order valence-corrected chi connectivity index (χ1v) is 6.73. The largest absolute Gasteiger partial charge is 0.394 e. The summed E-state index contributed by atoms with van der Waals surface area (Å²) in [6.07, 6.45) is 1.48. The first-order valence-electron chi connectivity index (χ1n) is 6.73. The van der Waals surface area contributed by atoms with E-state index in [-0.39, 0.29) is 24.1 Å². The summed E-state index contributed by atoms with van der Waals surface area (Å²) in [5.74, 6) is 0.430. The van der Waals surface area contributed by atoms with Crippen molar-refractivity contribution in [3.63, 3.8) is 0 Å². The van der Waals surface area contributed by atoms with Crippen molar-refractivity contribution in [3.8, 4) is 0 Å². The van der Waals surface area contributed by atoms with Gasteiger partial charge in [0, 0.05) is 25.3 Å². The normalized spacial score (nSPS) is 20.7. The molecule has 1 unspecified atom stereocenters. The fraction of sp³-hybridized carbons (Fsp3) is 0.923. The number of hydrogen-bond acceptors (Lipinski definition) is 4. The Morgan fingerprint density at radius 1 is 1.33 bits per heavy atom. The van der Waals surface area contributed by atoms with E-state index in [0.717, 1.165) is 12.8 Å². The van der Waals surface area contributed by atoms with Crippen molar-refractivity contribution in [2.45, 2.75) is 45.2 Å². The fourth-order valence-corrected chi connectivity index (χ4v) is 2.09. The molecule has 0 aromatic carbocycles. The van der Waals surface area contributed by atoms with Crippen LogP contribution in [0.4, 0.5) is 0 Å². The van der Waals surface area contributed by atoms with Crippen LogP contribution in [-0.4, -0.2) is 49.0 Å². The molecule has 1 amide bonds. The third kappa shape index (κ3) is 4.55. The van der Waals surface area contributed by atoms with Gasteiger partial charge in [0.1, 0.15) is 0 Å². The van der Waals surface area contributed by atoms with Crippen molar-refractivity contribution < 1.29 is 14.6 Å². The van der Waals surface area contributed by atoms with Crippen LogP contribution in [0.1, 0.15) is 33.6 Å². The monoisotopic (exact) mass is 258 g/mol. The number of amides is 1. The Morgan fingerprint density at radius 3 is 2.44 bits per heavy atom.